The highest BCUT2D eigenvalue weighted by Gasteiger charge is 2.08. The summed E-state index contributed by atoms with van der Waals surface area (Å²) < 4.78 is 4.05. The number of carboxylic acids is 1. The van der Waals surface area contributed by atoms with Gasteiger partial charge in [0, 0.05) is 28.0 Å². The Bertz CT molecular complexity index is 686. The third-order valence-corrected chi connectivity index (χ3v) is 3.21. The maximum absolute atomic E-state index is 10.8. The minimum Gasteiger partial charge on any atom is -0.477 e. The number of H-pyrrole nitrogens is 1. The van der Waals surface area contributed by atoms with Crippen LogP contribution in [0.5, 0.6) is 0 Å². The molecule has 2 N–H and O–H groups in total. The Morgan fingerprint density at radius 2 is 2.18 bits per heavy atom. The molecular formula is C12H8N2O2S. The predicted molar refractivity (Wildman–Crippen MR) is 66.4 cm³/mol. The number of carboxylic acid groups (broad SMARTS) is 1. The van der Waals surface area contributed by atoms with Crippen LogP contribution < -0.4 is 0 Å². The average Bonchev–Trinajstić information content (AvgIpc) is 2.97. The Balaban J connectivity index is 2.16. The highest BCUT2D eigenvalue weighted by molar-refractivity contribution is 7.03. The van der Waals surface area contributed by atoms with Crippen molar-refractivity contribution in [1.29, 1.82) is 0 Å². The molecule has 3 rings (SSSR count). The van der Waals surface area contributed by atoms with E-state index in [4.69, 9.17) is 5.11 Å². The number of hydrogen-bond donors (Lipinski definition) is 2. The first kappa shape index (κ1) is 10.0. The van der Waals surface area contributed by atoms with Crippen molar-refractivity contribution in [3.63, 3.8) is 0 Å². The Morgan fingerprint density at radius 3 is 2.88 bits per heavy atom. The van der Waals surface area contributed by atoms with E-state index in [1.165, 1.54) is 11.5 Å². The molecule has 3 aromatic rings. The number of aromatic amines is 1. The van der Waals surface area contributed by atoms with Gasteiger partial charge in [0.2, 0.25) is 0 Å². The lowest BCUT2D eigenvalue weighted by Crippen LogP contribution is -1.94. The van der Waals surface area contributed by atoms with Gasteiger partial charge < -0.3 is 10.1 Å². The van der Waals surface area contributed by atoms with Crippen LogP contribution in [0.15, 0.2) is 35.8 Å². The fourth-order valence-corrected chi connectivity index (χ4v) is 2.32. The monoisotopic (exact) mass is 244 g/mol. The summed E-state index contributed by atoms with van der Waals surface area (Å²) in [6.45, 7) is 0. The number of nitrogens with zero attached hydrogens (tertiary/aromatic N) is 1. The van der Waals surface area contributed by atoms with E-state index in [0.29, 0.717) is 0 Å². The summed E-state index contributed by atoms with van der Waals surface area (Å²) in [6, 6.07) is 7.44. The van der Waals surface area contributed by atoms with Crippen molar-refractivity contribution in [3.05, 3.63) is 41.5 Å². The molecule has 0 aliphatic carbocycles. The second-order valence-electron chi connectivity index (χ2n) is 3.70. The number of hydrogen-bond acceptors (Lipinski definition) is 3. The summed E-state index contributed by atoms with van der Waals surface area (Å²) >= 11 is 1.40. The topological polar surface area (TPSA) is 66.0 Å². The van der Waals surface area contributed by atoms with Crippen molar-refractivity contribution in [2.45, 2.75) is 0 Å². The molecule has 0 bridgehead atoms. The van der Waals surface area contributed by atoms with Gasteiger partial charge in [-0.3, -0.25) is 0 Å². The number of aromatic carboxylic acids is 1. The summed E-state index contributed by atoms with van der Waals surface area (Å²) in [7, 11) is 0. The van der Waals surface area contributed by atoms with Gasteiger partial charge in [0.1, 0.15) is 5.69 Å². The van der Waals surface area contributed by atoms with Crippen LogP contribution >= 0.6 is 11.5 Å². The van der Waals surface area contributed by atoms with Crippen molar-refractivity contribution in [2.75, 3.05) is 0 Å². The number of carbonyl (C=O) groups is 1. The second kappa shape index (κ2) is 3.71. The Kier molecular flexibility index (Phi) is 2.19. The summed E-state index contributed by atoms with van der Waals surface area (Å²) in [4.78, 5) is 13.7. The zero-order valence-electron chi connectivity index (χ0n) is 8.68. The first-order valence-corrected chi connectivity index (χ1v) is 5.83. The van der Waals surface area contributed by atoms with E-state index in [1.807, 2.05) is 23.6 Å². The second-order valence-corrected chi connectivity index (χ2v) is 4.36. The van der Waals surface area contributed by atoms with Gasteiger partial charge >= 0.3 is 5.97 Å². The molecule has 2 heterocycles. The molecule has 1 aromatic carbocycles. The van der Waals surface area contributed by atoms with Crippen LogP contribution in [0.2, 0.25) is 0 Å². The van der Waals surface area contributed by atoms with Gasteiger partial charge in [-0.1, -0.05) is 12.1 Å². The Morgan fingerprint density at radius 1 is 1.29 bits per heavy atom. The number of rotatable bonds is 2. The van der Waals surface area contributed by atoms with Crippen molar-refractivity contribution in [1.82, 2.24) is 9.36 Å². The van der Waals surface area contributed by atoms with Crippen LogP contribution in [0, 0.1) is 0 Å². The molecule has 0 atom stereocenters. The molecule has 0 fully saturated rings. The van der Waals surface area contributed by atoms with Crippen LogP contribution in [0.25, 0.3) is 22.0 Å². The third kappa shape index (κ3) is 1.70. The van der Waals surface area contributed by atoms with Crippen LogP contribution in [-0.4, -0.2) is 20.4 Å². The Hall–Kier alpha value is -2.14. The van der Waals surface area contributed by atoms with Crippen LogP contribution in [0.3, 0.4) is 0 Å². The summed E-state index contributed by atoms with van der Waals surface area (Å²) in [5, 5.41) is 11.8. The van der Waals surface area contributed by atoms with Gasteiger partial charge in [0.15, 0.2) is 0 Å². The maximum atomic E-state index is 10.8. The van der Waals surface area contributed by atoms with Crippen molar-refractivity contribution in [3.8, 4) is 11.1 Å². The van der Waals surface area contributed by atoms with E-state index in [9.17, 15) is 4.79 Å². The lowest BCUT2D eigenvalue weighted by molar-refractivity contribution is 0.0691. The van der Waals surface area contributed by atoms with Crippen LogP contribution in [0.1, 0.15) is 10.5 Å². The zero-order valence-corrected chi connectivity index (χ0v) is 9.49. The first-order valence-electron chi connectivity index (χ1n) is 5.00. The lowest BCUT2D eigenvalue weighted by atomic mass is 10.1. The fourth-order valence-electron chi connectivity index (χ4n) is 1.77. The number of fused-ring (bicyclic) bond motifs is 1. The molecule has 0 saturated heterocycles. The van der Waals surface area contributed by atoms with Crippen molar-refractivity contribution in [2.24, 2.45) is 0 Å². The standard InChI is InChI=1S/C12H8N2O2S/c15-12(16)11-4-8-2-1-7(3-10(8)14-11)9-5-13-17-6-9/h1-6,14H,(H,15,16). The third-order valence-electron chi connectivity index (χ3n) is 2.62. The molecule has 5 heteroatoms. The number of nitrogens with one attached hydrogen (secondary N) is 1. The minimum atomic E-state index is -0.944. The summed E-state index contributed by atoms with van der Waals surface area (Å²) in [6.07, 6.45) is 1.80. The molecular weight excluding hydrogens is 236 g/mol. The van der Waals surface area contributed by atoms with E-state index in [-0.39, 0.29) is 5.69 Å². The molecule has 84 valence electrons. The minimum absolute atomic E-state index is 0.209. The quantitative estimate of drug-likeness (QED) is 0.728. The highest BCUT2D eigenvalue weighted by atomic mass is 32.1. The average molecular weight is 244 g/mol. The highest BCUT2D eigenvalue weighted by Crippen LogP contribution is 2.25. The smallest absolute Gasteiger partial charge is 0.352 e. The molecule has 0 saturated carbocycles. The molecule has 0 amide bonds. The van der Waals surface area contributed by atoms with Gasteiger partial charge in [-0.25, -0.2) is 9.17 Å². The normalized spacial score (nSPS) is 10.8. The first-order chi connectivity index (χ1) is 8.24. The number of benzene rings is 1. The molecule has 0 radical (unpaired) electrons. The largest absolute Gasteiger partial charge is 0.477 e. The molecule has 17 heavy (non-hydrogen) atoms. The van der Waals surface area contributed by atoms with E-state index < -0.39 is 5.97 Å². The van der Waals surface area contributed by atoms with E-state index in [0.717, 1.165) is 22.0 Å². The predicted octanol–water partition coefficient (Wildman–Crippen LogP) is 2.99. The zero-order chi connectivity index (χ0) is 11.8. The molecule has 0 aliphatic rings. The van der Waals surface area contributed by atoms with Gasteiger partial charge in [0.25, 0.3) is 0 Å². The van der Waals surface area contributed by atoms with Gasteiger partial charge in [-0.2, -0.15) is 0 Å². The van der Waals surface area contributed by atoms with Crippen molar-refractivity contribution >= 4 is 28.4 Å². The van der Waals surface area contributed by atoms with E-state index in [1.54, 1.807) is 12.3 Å². The van der Waals surface area contributed by atoms with E-state index >= 15 is 0 Å². The van der Waals surface area contributed by atoms with E-state index in [2.05, 4.69) is 9.36 Å². The molecule has 2 aromatic heterocycles. The van der Waals surface area contributed by atoms with Crippen LogP contribution in [-0.2, 0) is 0 Å². The summed E-state index contributed by atoms with van der Waals surface area (Å²) in [5.41, 5.74) is 3.11. The van der Waals surface area contributed by atoms with Gasteiger partial charge in [-0.15, -0.1) is 0 Å². The molecule has 0 unspecified atom stereocenters. The van der Waals surface area contributed by atoms with Crippen molar-refractivity contribution < 1.29 is 9.90 Å². The van der Waals surface area contributed by atoms with Crippen LogP contribution in [0.4, 0.5) is 0 Å². The Labute approximate surface area is 101 Å². The van der Waals surface area contributed by atoms with Gasteiger partial charge in [0.05, 0.1) is 0 Å². The molecule has 4 nitrogen and oxygen atoms in total. The molecule has 0 aliphatic heterocycles. The van der Waals surface area contributed by atoms with Gasteiger partial charge in [-0.05, 0) is 29.2 Å². The lowest BCUT2D eigenvalue weighted by Gasteiger charge is -1.96. The molecule has 0 spiro atoms. The summed E-state index contributed by atoms with van der Waals surface area (Å²) in [5.74, 6) is -0.944. The SMILES string of the molecule is O=C(O)c1cc2ccc(-c3cnsc3)cc2[nH]1. The fraction of sp³-hybridized carbons (Fsp3) is 0. The number of aromatic nitrogens is 2. The maximum Gasteiger partial charge on any atom is 0.352 e.